The molecular formula is C21H29N3O4S. The zero-order valence-corrected chi connectivity index (χ0v) is 17.9. The van der Waals surface area contributed by atoms with Crippen LogP contribution in [0.15, 0.2) is 53.4 Å². The highest BCUT2D eigenvalue weighted by Gasteiger charge is 2.21. The third kappa shape index (κ3) is 7.94. The van der Waals surface area contributed by atoms with Gasteiger partial charge >= 0.3 is 5.97 Å². The maximum Gasteiger partial charge on any atom is 0.317 e. The molecule has 2 aromatic rings. The fourth-order valence-electron chi connectivity index (χ4n) is 3.03. The van der Waals surface area contributed by atoms with Gasteiger partial charge in [0.05, 0.1) is 11.4 Å². The second kappa shape index (κ2) is 10.5. The molecule has 3 N–H and O–H groups in total. The summed E-state index contributed by atoms with van der Waals surface area (Å²) in [5.74, 6) is -0.958. The lowest BCUT2D eigenvalue weighted by molar-refractivity contribution is -0.138. The fourth-order valence-corrected chi connectivity index (χ4v) is 4.26. The number of hydrogen-bond donors (Lipinski definition) is 3. The summed E-state index contributed by atoms with van der Waals surface area (Å²) < 4.78 is 28.2. The SMILES string of the molecule is Cc1ccc(S(=O)(=O)N[C@@H](CNCc2cccc(C)c2)CN(C)CC(=O)O)cc1. The van der Waals surface area contributed by atoms with Crippen LogP contribution < -0.4 is 10.0 Å². The van der Waals surface area contributed by atoms with E-state index >= 15 is 0 Å². The van der Waals surface area contributed by atoms with Crippen LogP contribution in [0.2, 0.25) is 0 Å². The van der Waals surface area contributed by atoms with Gasteiger partial charge in [0.1, 0.15) is 0 Å². The topological polar surface area (TPSA) is 98.7 Å². The van der Waals surface area contributed by atoms with Crippen LogP contribution in [0.5, 0.6) is 0 Å². The Morgan fingerprint density at radius 1 is 1.10 bits per heavy atom. The summed E-state index contributed by atoms with van der Waals surface area (Å²) in [5.41, 5.74) is 3.23. The van der Waals surface area contributed by atoms with Gasteiger partial charge in [-0.25, -0.2) is 13.1 Å². The highest BCUT2D eigenvalue weighted by molar-refractivity contribution is 7.89. The first-order valence-corrected chi connectivity index (χ1v) is 10.9. The molecule has 0 aliphatic heterocycles. The number of sulfonamides is 1. The molecular weight excluding hydrogens is 390 g/mol. The smallest absolute Gasteiger partial charge is 0.317 e. The highest BCUT2D eigenvalue weighted by atomic mass is 32.2. The van der Waals surface area contributed by atoms with E-state index in [1.807, 2.05) is 32.0 Å². The standard InChI is InChI=1S/C21H29N3O4S/c1-16-7-9-20(10-8-16)29(27,28)23-19(14-24(3)15-21(25)26)13-22-12-18-6-4-5-17(2)11-18/h4-11,19,22-23H,12-15H2,1-3H3,(H,25,26)/t19-/m0/s1. The van der Waals surface area contributed by atoms with Gasteiger partial charge in [0.2, 0.25) is 10.0 Å². The van der Waals surface area contributed by atoms with Gasteiger partial charge in [-0.1, -0.05) is 47.5 Å². The number of hydrogen-bond acceptors (Lipinski definition) is 5. The van der Waals surface area contributed by atoms with Crippen molar-refractivity contribution < 1.29 is 18.3 Å². The van der Waals surface area contributed by atoms with E-state index in [4.69, 9.17) is 5.11 Å². The molecule has 2 rings (SSSR count). The van der Waals surface area contributed by atoms with E-state index in [9.17, 15) is 13.2 Å². The number of carboxylic acids is 1. The Morgan fingerprint density at radius 2 is 1.79 bits per heavy atom. The second-order valence-electron chi connectivity index (χ2n) is 7.34. The average Bonchev–Trinajstić information content (AvgIpc) is 2.61. The predicted molar refractivity (Wildman–Crippen MR) is 113 cm³/mol. The lowest BCUT2D eigenvalue weighted by Crippen LogP contribution is -2.48. The van der Waals surface area contributed by atoms with Crippen LogP contribution in [0.25, 0.3) is 0 Å². The van der Waals surface area contributed by atoms with Crippen molar-refractivity contribution in [2.75, 3.05) is 26.7 Å². The number of aliphatic carboxylic acids is 1. The molecule has 2 aromatic carbocycles. The van der Waals surface area contributed by atoms with Gasteiger partial charge in [-0.05, 0) is 38.6 Å². The van der Waals surface area contributed by atoms with Gasteiger partial charge < -0.3 is 10.4 Å². The normalized spacial score (nSPS) is 12.8. The number of nitrogens with zero attached hydrogens (tertiary/aromatic N) is 1. The molecule has 158 valence electrons. The summed E-state index contributed by atoms with van der Waals surface area (Å²) in [6.07, 6.45) is 0. The molecule has 0 aliphatic carbocycles. The van der Waals surface area contributed by atoms with E-state index in [1.54, 1.807) is 36.2 Å². The summed E-state index contributed by atoms with van der Waals surface area (Å²) in [6, 6.07) is 14.2. The fraction of sp³-hybridized carbons (Fsp3) is 0.381. The summed E-state index contributed by atoms with van der Waals surface area (Å²) in [6.45, 7) is 4.96. The van der Waals surface area contributed by atoms with Gasteiger partial charge in [-0.15, -0.1) is 0 Å². The number of carbonyl (C=O) groups is 1. The number of rotatable bonds is 11. The monoisotopic (exact) mass is 419 g/mol. The van der Waals surface area contributed by atoms with Crippen LogP contribution in [0, 0.1) is 13.8 Å². The lowest BCUT2D eigenvalue weighted by Gasteiger charge is -2.24. The minimum Gasteiger partial charge on any atom is -0.480 e. The zero-order valence-electron chi connectivity index (χ0n) is 17.1. The highest BCUT2D eigenvalue weighted by Crippen LogP contribution is 2.11. The molecule has 0 radical (unpaired) electrons. The van der Waals surface area contributed by atoms with Crippen molar-refractivity contribution >= 4 is 16.0 Å². The molecule has 0 aliphatic rings. The van der Waals surface area contributed by atoms with Crippen LogP contribution in [0.3, 0.4) is 0 Å². The summed E-state index contributed by atoms with van der Waals surface area (Å²) in [5, 5.41) is 12.3. The van der Waals surface area contributed by atoms with Gasteiger partial charge in [0.15, 0.2) is 0 Å². The first-order chi connectivity index (χ1) is 13.7. The van der Waals surface area contributed by atoms with Crippen molar-refractivity contribution in [1.82, 2.24) is 14.9 Å². The van der Waals surface area contributed by atoms with Crippen LogP contribution in [0.1, 0.15) is 16.7 Å². The Morgan fingerprint density at radius 3 is 2.41 bits per heavy atom. The van der Waals surface area contributed by atoms with Crippen molar-refractivity contribution in [3.8, 4) is 0 Å². The van der Waals surface area contributed by atoms with E-state index in [1.165, 1.54) is 0 Å². The van der Waals surface area contributed by atoms with Gasteiger partial charge in [0, 0.05) is 25.7 Å². The molecule has 0 saturated heterocycles. The van der Waals surface area contributed by atoms with E-state index in [2.05, 4.69) is 16.1 Å². The van der Waals surface area contributed by atoms with Crippen LogP contribution in [-0.4, -0.2) is 57.1 Å². The van der Waals surface area contributed by atoms with E-state index < -0.39 is 22.0 Å². The quantitative estimate of drug-likeness (QED) is 0.513. The molecule has 0 aromatic heterocycles. The Bertz CT molecular complexity index is 914. The van der Waals surface area contributed by atoms with Crippen molar-refractivity contribution in [1.29, 1.82) is 0 Å². The first kappa shape index (κ1) is 23.0. The largest absolute Gasteiger partial charge is 0.480 e. The molecule has 0 fully saturated rings. The molecule has 0 bridgehead atoms. The van der Waals surface area contributed by atoms with Gasteiger partial charge in [0.25, 0.3) is 0 Å². The second-order valence-corrected chi connectivity index (χ2v) is 9.06. The zero-order chi connectivity index (χ0) is 21.4. The van der Waals surface area contributed by atoms with E-state index in [-0.39, 0.29) is 18.0 Å². The Balaban J connectivity index is 2.06. The molecule has 0 unspecified atom stereocenters. The average molecular weight is 420 g/mol. The van der Waals surface area contributed by atoms with Crippen LogP contribution in [-0.2, 0) is 21.4 Å². The van der Waals surface area contributed by atoms with Crippen molar-refractivity contribution in [2.24, 2.45) is 0 Å². The van der Waals surface area contributed by atoms with E-state index in [0.29, 0.717) is 13.1 Å². The molecule has 0 heterocycles. The van der Waals surface area contributed by atoms with Crippen molar-refractivity contribution in [3.63, 3.8) is 0 Å². The third-order valence-electron chi connectivity index (χ3n) is 4.39. The molecule has 8 heteroatoms. The molecule has 0 saturated carbocycles. The maximum absolute atomic E-state index is 12.8. The van der Waals surface area contributed by atoms with Crippen LogP contribution in [0.4, 0.5) is 0 Å². The number of carboxylic acid groups (broad SMARTS) is 1. The van der Waals surface area contributed by atoms with Gasteiger partial charge in [-0.3, -0.25) is 9.69 Å². The summed E-state index contributed by atoms with van der Waals surface area (Å²) in [7, 11) is -2.06. The Kier molecular flexibility index (Phi) is 8.33. The first-order valence-electron chi connectivity index (χ1n) is 9.41. The number of nitrogens with one attached hydrogen (secondary N) is 2. The predicted octanol–water partition coefficient (Wildman–Crippen LogP) is 1.76. The lowest BCUT2D eigenvalue weighted by atomic mass is 10.1. The maximum atomic E-state index is 12.8. The molecule has 0 amide bonds. The van der Waals surface area contributed by atoms with Gasteiger partial charge in [-0.2, -0.15) is 0 Å². The van der Waals surface area contributed by atoms with Crippen LogP contribution >= 0.6 is 0 Å². The van der Waals surface area contributed by atoms with E-state index in [0.717, 1.165) is 16.7 Å². The number of aryl methyl sites for hydroxylation is 2. The third-order valence-corrected chi connectivity index (χ3v) is 5.93. The minimum absolute atomic E-state index is 0.166. The summed E-state index contributed by atoms with van der Waals surface area (Å²) in [4.78, 5) is 12.7. The Labute approximate surface area is 172 Å². The minimum atomic E-state index is -3.72. The molecule has 0 spiro atoms. The van der Waals surface area contributed by atoms with Crippen molar-refractivity contribution in [2.45, 2.75) is 31.3 Å². The number of benzene rings is 2. The molecule has 7 nitrogen and oxygen atoms in total. The summed E-state index contributed by atoms with van der Waals surface area (Å²) >= 11 is 0. The molecule has 29 heavy (non-hydrogen) atoms. The van der Waals surface area contributed by atoms with Crippen molar-refractivity contribution in [3.05, 3.63) is 65.2 Å². The Hall–Kier alpha value is -2.26. The number of likely N-dealkylation sites (N-methyl/N-ethyl adjacent to an activating group) is 1. The molecule has 1 atom stereocenters.